The molecule has 0 unspecified atom stereocenters. The summed E-state index contributed by atoms with van der Waals surface area (Å²) in [5, 5.41) is 2.75. The van der Waals surface area contributed by atoms with Crippen molar-refractivity contribution in [3.63, 3.8) is 0 Å². The zero-order valence-electron chi connectivity index (χ0n) is 8.93. The first-order chi connectivity index (χ1) is 7.59. The molecule has 1 atom stereocenters. The molecule has 84 valence electrons. The van der Waals surface area contributed by atoms with Crippen molar-refractivity contribution in [3.05, 3.63) is 24.3 Å². The topological polar surface area (TPSA) is 75.4 Å². The average molecular weight is 219 g/mol. The Balaban J connectivity index is 2.53. The molecule has 2 rings (SSSR count). The predicted octanol–water partition coefficient (Wildman–Crippen LogP) is 1.30. The number of nitrogens with one attached hydrogen (secondary N) is 1. The van der Waals surface area contributed by atoms with E-state index in [1.165, 1.54) is 4.90 Å². The Morgan fingerprint density at radius 2 is 2.19 bits per heavy atom. The number of hydrogen-bond donors (Lipinski definition) is 2. The highest BCUT2D eigenvalue weighted by Crippen LogP contribution is 2.30. The number of fused-ring (bicyclic) bond motifs is 1. The molecule has 0 aliphatic carbocycles. The Labute approximate surface area is 93.2 Å². The molecule has 5 heteroatoms. The number of para-hydroxylation sites is 2. The van der Waals surface area contributed by atoms with Crippen molar-refractivity contribution in [3.8, 4) is 0 Å². The van der Waals surface area contributed by atoms with Crippen molar-refractivity contribution in [2.24, 2.45) is 5.73 Å². The molecule has 5 nitrogen and oxygen atoms in total. The number of carbonyl (C=O) groups excluding carboxylic acids is 2. The van der Waals surface area contributed by atoms with Gasteiger partial charge in [0.2, 0.25) is 5.91 Å². The van der Waals surface area contributed by atoms with Crippen LogP contribution in [0.25, 0.3) is 0 Å². The molecular weight excluding hydrogens is 206 g/mol. The molecule has 0 saturated heterocycles. The van der Waals surface area contributed by atoms with Gasteiger partial charge in [-0.1, -0.05) is 12.1 Å². The van der Waals surface area contributed by atoms with Gasteiger partial charge in [-0.3, -0.25) is 9.69 Å². The molecule has 1 aliphatic heterocycles. The van der Waals surface area contributed by atoms with Crippen LogP contribution in [-0.4, -0.2) is 18.0 Å². The summed E-state index contributed by atoms with van der Waals surface area (Å²) in [4.78, 5) is 24.4. The van der Waals surface area contributed by atoms with Gasteiger partial charge in [0.1, 0.15) is 0 Å². The van der Waals surface area contributed by atoms with Crippen LogP contribution in [0.1, 0.15) is 13.3 Å². The average Bonchev–Trinajstić information content (AvgIpc) is 2.31. The van der Waals surface area contributed by atoms with Crippen molar-refractivity contribution in [2.45, 2.75) is 19.4 Å². The van der Waals surface area contributed by atoms with Crippen LogP contribution in [0.15, 0.2) is 24.3 Å². The van der Waals surface area contributed by atoms with Crippen LogP contribution in [0.3, 0.4) is 0 Å². The Kier molecular flexibility index (Phi) is 2.52. The normalized spacial score (nSPS) is 19.7. The second-order valence-corrected chi connectivity index (χ2v) is 3.83. The smallest absolute Gasteiger partial charge is 0.319 e. The van der Waals surface area contributed by atoms with Gasteiger partial charge in [-0.05, 0) is 19.1 Å². The summed E-state index contributed by atoms with van der Waals surface area (Å²) in [7, 11) is 0. The molecule has 0 aromatic heterocycles. The van der Waals surface area contributed by atoms with Crippen molar-refractivity contribution in [1.29, 1.82) is 0 Å². The third kappa shape index (κ3) is 1.71. The molecule has 1 aliphatic rings. The number of nitrogens with two attached hydrogens (primary N) is 1. The third-order valence-corrected chi connectivity index (χ3v) is 2.60. The highest BCUT2D eigenvalue weighted by atomic mass is 16.2. The molecule has 0 radical (unpaired) electrons. The summed E-state index contributed by atoms with van der Waals surface area (Å²) in [6, 6.07) is 6.34. The first-order valence-corrected chi connectivity index (χ1v) is 5.07. The van der Waals surface area contributed by atoms with Gasteiger partial charge in [-0.2, -0.15) is 0 Å². The zero-order valence-corrected chi connectivity index (χ0v) is 8.93. The van der Waals surface area contributed by atoms with Crippen LogP contribution in [0.4, 0.5) is 16.2 Å². The third-order valence-electron chi connectivity index (χ3n) is 2.60. The summed E-state index contributed by atoms with van der Waals surface area (Å²) in [6.45, 7) is 1.80. The van der Waals surface area contributed by atoms with Crippen molar-refractivity contribution < 1.29 is 9.59 Å². The number of benzene rings is 1. The number of nitrogens with zero attached hydrogens (tertiary/aromatic N) is 1. The fourth-order valence-electron chi connectivity index (χ4n) is 1.92. The molecule has 3 amide bonds. The lowest BCUT2D eigenvalue weighted by Crippen LogP contribution is -2.42. The Morgan fingerprint density at radius 3 is 2.88 bits per heavy atom. The van der Waals surface area contributed by atoms with E-state index in [9.17, 15) is 9.59 Å². The summed E-state index contributed by atoms with van der Waals surface area (Å²) < 4.78 is 0. The van der Waals surface area contributed by atoms with Gasteiger partial charge < -0.3 is 11.1 Å². The van der Waals surface area contributed by atoms with Gasteiger partial charge in [0, 0.05) is 12.5 Å². The van der Waals surface area contributed by atoms with Crippen LogP contribution < -0.4 is 16.0 Å². The summed E-state index contributed by atoms with van der Waals surface area (Å²) in [5.41, 5.74) is 6.60. The summed E-state index contributed by atoms with van der Waals surface area (Å²) in [5.74, 6) is -0.108. The van der Waals surface area contributed by atoms with E-state index < -0.39 is 6.03 Å². The second kappa shape index (κ2) is 3.84. The van der Waals surface area contributed by atoms with Gasteiger partial charge in [0.25, 0.3) is 0 Å². The minimum Gasteiger partial charge on any atom is -0.351 e. The van der Waals surface area contributed by atoms with E-state index in [-0.39, 0.29) is 18.4 Å². The summed E-state index contributed by atoms with van der Waals surface area (Å²) in [6.07, 6.45) is 0.248. The number of amides is 3. The van der Waals surface area contributed by atoms with Gasteiger partial charge >= 0.3 is 6.03 Å². The van der Waals surface area contributed by atoms with Crippen LogP contribution in [0, 0.1) is 0 Å². The van der Waals surface area contributed by atoms with Crippen LogP contribution >= 0.6 is 0 Å². The monoisotopic (exact) mass is 219 g/mol. The number of primary amides is 1. The van der Waals surface area contributed by atoms with Crippen molar-refractivity contribution >= 4 is 23.3 Å². The lowest BCUT2D eigenvalue weighted by molar-refractivity contribution is -0.116. The van der Waals surface area contributed by atoms with E-state index in [0.29, 0.717) is 11.4 Å². The standard InChI is InChI=1S/C11H13N3O2/c1-7-6-10(15)13-8-4-2-3-5-9(8)14(7)11(12)16/h2-5,7H,6H2,1H3,(H2,12,16)(H,13,15)/t7-/m1/s1. The molecular formula is C11H13N3O2. The second-order valence-electron chi connectivity index (χ2n) is 3.83. The lowest BCUT2D eigenvalue weighted by atomic mass is 10.2. The number of rotatable bonds is 0. The number of carbonyl (C=O) groups is 2. The number of hydrogen-bond acceptors (Lipinski definition) is 2. The van der Waals surface area contributed by atoms with E-state index in [1.807, 2.05) is 0 Å². The molecule has 0 spiro atoms. The van der Waals surface area contributed by atoms with Gasteiger partial charge in [0.05, 0.1) is 11.4 Å². The van der Waals surface area contributed by atoms with Crippen LogP contribution in [0.5, 0.6) is 0 Å². The lowest BCUT2D eigenvalue weighted by Gasteiger charge is -2.25. The van der Waals surface area contributed by atoms with E-state index in [4.69, 9.17) is 5.73 Å². The van der Waals surface area contributed by atoms with Crippen molar-refractivity contribution in [1.82, 2.24) is 0 Å². The molecule has 0 bridgehead atoms. The van der Waals surface area contributed by atoms with E-state index in [0.717, 1.165) is 0 Å². The maximum Gasteiger partial charge on any atom is 0.319 e. The molecule has 0 fully saturated rings. The molecule has 1 aromatic rings. The summed E-state index contributed by atoms with van der Waals surface area (Å²) >= 11 is 0. The first-order valence-electron chi connectivity index (χ1n) is 5.07. The Bertz CT molecular complexity index is 445. The van der Waals surface area contributed by atoms with E-state index >= 15 is 0 Å². The van der Waals surface area contributed by atoms with Crippen LogP contribution in [0.2, 0.25) is 0 Å². The molecule has 1 aromatic carbocycles. The maximum atomic E-state index is 11.5. The van der Waals surface area contributed by atoms with E-state index in [1.54, 1.807) is 31.2 Å². The Hall–Kier alpha value is -2.04. The molecule has 0 saturated carbocycles. The van der Waals surface area contributed by atoms with Crippen molar-refractivity contribution in [2.75, 3.05) is 10.2 Å². The SMILES string of the molecule is C[C@@H]1CC(=O)Nc2ccccc2N1C(N)=O. The largest absolute Gasteiger partial charge is 0.351 e. The van der Waals surface area contributed by atoms with Gasteiger partial charge in [0.15, 0.2) is 0 Å². The maximum absolute atomic E-state index is 11.5. The number of urea groups is 1. The molecule has 16 heavy (non-hydrogen) atoms. The van der Waals surface area contributed by atoms with E-state index in [2.05, 4.69) is 5.32 Å². The highest BCUT2D eigenvalue weighted by Gasteiger charge is 2.27. The molecule has 1 heterocycles. The Morgan fingerprint density at radius 1 is 1.50 bits per heavy atom. The molecule has 3 N–H and O–H groups in total. The fraction of sp³-hybridized carbons (Fsp3) is 0.273. The van der Waals surface area contributed by atoms with Gasteiger partial charge in [-0.25, -0.2) is 4.79 Å². The quantitative estimate of drug-likeness (QED) is 0.690. The fourth-order valence-corrected chi connectivity index (χ4v) is 1.92. The predicted molar refractivity (Wildman–Crippen MR) is 61.2 cm³/mol. The number of anilines is 2. The van der Waals surface area contributed by atoms with Crippen LogP contribution in [-0.2, 0) is 4.79 Å². The first kappa shape index (κ1) is 10.5. The minimum absolute atomic E-state index is 0.108. The highest BCUT2D eigenvalue weighted by molar-refractivity contribution is 6.03. The minimum atomic E-state index is -0.545. The van der Waals surface area contributed by atoms with Gasteiger partial charge in [-0.15, -0.1) is 0 Å². The zero-order chi connectivity index (χ0) is 11.7.